The third-order valence-electron chi connectivity index (χ3n) is 3.82. The standard InChI is InChI=1S/C15H16N2O2/c1-19-12-7-5-10(6-8-12)15(18)17-16-14-9-11-3-2-4-13(11)14/h2-3,5-8,11,13H,4,9H2,1H3,(H,17,18)/b16-14-. The van der Waals surface area contributed by atoms with Gasteiger partial charge in [-0.05, 0) is 43.0 Å². The summed E-state index contributed by atoms with van der Waals surface area (Å²) in [5.41, 5.74) is 4.33. The highest BCUT2D eigenvalue weighted by Gasteiger charge is 2.37. The summed E-state index contributed by atoms with van der Waals surface area (Å²) in [6.07, 6.45) is 6.48. The molecule has 3 rings (SSSR count). The second-order valence-electron chi connectivity index (χ2n) is 4.91. The minimum absolute atomic E-state index is 0.176. The number of hydrogen-bond donors (Lipinski definition) is 1. The van der Waals surface area contributed by atoms with Crippen LogP contribution in [0, 0.1) is 11.8 Å². The summed E-state index contributed by atoms with van der Waals surface area (Å²) in [4.78, 5) is 11.9. The van der Waals surface area contributed by atoms with Crippen LogP contribution in [0.25, 0.3) is 0 Å². The van der Waals surface area contributed by atoms with Crippen LogP contribution in [0.2, 0.25) is 0 Å². The fourth-order valence-electron chi connectivity index (χ4n) is 2.59. The summed E-state index contributed by atoms with van der Waals surface area (Å²) >= 11 is 0. The van der Waals surface area contributed by atoms with Gasteiger partial charge in [-0.2, -0.15) is 5.10 Å². The van der Waals surface area contributed by atoms with E-state index in [1.807, 2.05) is 0 Å². The van der Waals surface area contributed by atoms with Gasteiger partial charge in [0.05, 0.1) is 7.11 Å². The summed E-state index contributed by atoms with van der Waals surface area (Å²) < 4.78 is 5.05. The number of nitrogens with one attached hydrogen (secondary N) is 1. The quantitative estimate of drug-likeness (QED) is 0.666. The highest BCUT2D eigenvalue weighted by molar-refractivity contribution is 5.98. The molecule has 0 aromatic heterocycles. The van der Waals surface area contributed by atoms with E-state index in [1.165, 1.54) is 0 Å². The van der Waals surface area contributed by atoms with E-state index in [2.05, 4.69) is 22.7 Å². The molecule has 4 nitrogen and oxygen atoms in total. The van der Waals surface area contributed by atoms with Crippen molar-refractivity contribution in [3.63, 3.8) is 0 Å². The molecule has 4 heteroatoms. The minimum Gasteiger partial charge on any atom is -0.497 e. The van der Waals surface area contributed by atoms with Gasteiger partial charge in [-0.15, -0.1) is 0 Å². The predicted octanol–water partition coefficient (Wildman–Crippen LogP) is 2.38. The molecule has 1 aromatic carbocycles. The van der Waals surface area contributed by atoms with E-state index in [1.54, 1.807) is 31.4 Å². The van der Waals surface area contributed by atoms with Gasteiger partial charge in [0.15, 0.2) is 0 Å². The number of fused-ring (bicyclic) bond motifs is 1. The molecule has 98 valence electrons. The van der Waals surface area contributed by atoms with Crippen molar-refractivity contribution in [2.75, 3.05) is 7.11 Å². The Labute approximate surface area is 112 Å². The SMILES string of the molecule is COc1ccc(C(=O)N/N=C2/CC3C=CCC23)cc1. The van der Waals surface area contributed by atoms with Crippen LogP contribution in [0.1, 0.15) is 23.2 Å². The maximum Gasteiger partial charge on any atom is 0.271 e. The molecule has 0 heterocycles. The predicted molar refractivity (Wildman–Crippen MR) is 73.2 cm³/mol. The maximum absolute atomic E-state index is 11.9. The van der Waals surface area contributed by atoms with E-state index in [4.69, 9.17) is 4.74 Å². The number of carbonyl (C=O) groups is 1. The van der Waals surface area contributed by atoms with E-state index in [0.717, 1.165) is 24.3 Å². The smallest absolute Gasteiger partial charge is 0.271 e. The topological polar surface area (TPSA) is 50.7 Å². The fraction of sp³-hybridized carbons (Fsp3) is 0.333. The third-order valence-corrected chi connectivity index (χ3v) is 3.82. The van der Waals surface area contributed by atoms with E-state index in [9.17, 15) is 4.79 Å². The zero-order valence-electron chi connectivity index (χ0n) is 10.8. The van der Waals surface area contributed by atoms with Crippen LogP contribution in [-0.4, -0.2) is 18.7 Å². The second kappa shape index (κ2) is 4.88. The summed E-state index contributed by atoms with van der Waals surface area (Å²) in [7, 11) is 1.60. The lowest BCUT2D eigenvalue weighted by Gasteiger charge is -2.31. The van der Waals surface area contributed by atoms with Crippen molar-refractivity contribution in [1.82, 2.24) is 5.43 Å². The lowest BCUT2D eigenvalue weighted by atomic mass is 9.74. The molecule has 2 atom stereocenters. The van der Waals surface area contributed by atoms with Crippen molar-refractivity contribution in [3.8, 4) is 5.75 Å². The molecule has 0 saturated heterocycles. The molecule has 1 saturated carbocycles. The molecular formula is C15H16N2O2. The number of allylic oxidation sites excluding steroid dienone is 2. The molecular weight excluding hydrogens is 240 g/mol. The number of benzene rings is 1. The van der Waals surface area contributed by atoms with Crippen molar-refractivity contribution in [1.29, 1.82) is 0 Å². The van der Waals surface area contributed by atoms with Crippen molar-refractivity contribution < 1.29 is 9.53 Å². The van der Waals surface area contributed by atoms with Gasteiger partial charge in [-0.3, -0.25) is 4.79 Å². The Bertz CT molecular complexity index is 546. The molecule has 19 heavy (non-hydrogen) atoms. The number of rotatable bonds is 3. The Morgan fingerprint density at radius 3 is 2.84 bits per heavy atom. The van der Waals surface area contributed by atoms with Gasteiger partial charge in [-0.25, -0.2) is 5.43 Å². The van der Waals surface area contributed by atoms with Crippen LogP contribution in [0.3, 0.4) is 0 Å². The van der Waals surface area contributed by atoms with Crippen molar-refractivity contribution in [3.05, 3.63) is 42.0 Å². The highest BCUT2D eigenvalue weighted by atomic mass is 16.5. The van der Waals surface area contributed by atoms with Gasteiger partial charge in [-0.1, -0.05) is 12.2 Å². The van der Waals surface area contributed by atoms with E-state index >= 15 is 0 Å². The largest absolute Gasteiger partial charge is 0.497 e. The molecule has 1 aromatic rings. The van der Waals surface area contributed by atoms with Crippen molar-refractivity contribution in [2.45, 2.75) is 12.8 Å². The molecule has 2 aliphatic rings. The molecule has 2 unspecified atom stereocenters. The van der Waals surface area contributed by atoms with Crippen molar-refractivity contribution >= 4 is 11.6 Å². The molecule has 1 N–H and O–H groups in total. The first-order valence-electron chi connectivity index (χ1n) is 6.45. The molecule has 0 aliphatic heterocycles. The van der Waals surface area contributed by atoms with Gasteiger partial charge in [0.2, 0.25) is 0 Å². The van der Waals surface area contributed by atoms with E-state index in [0.29, 0.717) is 17.4 Å². The molecule has 2 aliphatic carbocycles. The zero-order chi connectivity index (χ0) is 13.2. The van der Waals surface area contributed by atoms with Crippen LogP contribution in [0.5, 0.6) is 5.75 Å². The molecule has 1 fully saturated rings. The Hall–Kier alpha value is -2.10. The fourth-order valence-corrected chi connectivity index (χ4v) is 2.59. The number of hydrogen-bond acceptors (Lipinski definition) is 3. The van der Waals surface area contributed by atoms with Gasteiger partial charge in [0.1, 0.15) is 5.75 Å². The summed E-state index contributed by atoms with van der Waals surface area (Å²) in [6, 6.07) is 6.99. The van der Waals surface area contributed by atoms with Crippen LogP contribution in [0.15, 0.2) is 41.5 Å². The second-order valence-corrected chi connectivity index (χ2v) is 4.91. The van der Waals surface area contributed by atoms with Gasteiger partial charge < -0.3 is 4.74 Å². The number of ether oxygens (including phenoxy) is 1. The maximum atomic E-state index is 11.9. The number of hydrazone groups is 1. The summed E-state index contributed by atoms with van der Waals surface area (Å²) in [6.45, 7) is 0. The van der Waals surface area contributed by atoms with Crippen LogP contribution in [0.4, 0.5) is 0 Å². The first kappa shape index (κ1) is 12.0. The Morgan fingerprint density at radius 1 is 1.37 bits per heavy atom. The first-order chi connectivity index (χ1) is 9.28. The van der Waals surface area contributed by atoms with E-state index < -0.39 is 0 Å². The number of nitrogens with zero attached hydrogens (tertiary/aromatic N) is 1. The van der Waals surface area contributed by atoms with Gasteiger partial charge >= 0.3 is 0 Å². The average molecular weight is 256 g/mol. The lowest BCUT2D eigenvalue weighted by molar-refractivity contribution is 0.0954. The van der Waals surface area contributed by atoms with E-state index in [-0.39, 0.29) is 5.91 Å². The van der Waals surface area contributed by atoms with Crippen LogP contribution >= 0.6 is 0 Å². The summed E-state index contributed by atoms with van der Waals surface area (Å²) in [5.74, 6) is 1.74. The monoisotopic (exact) mass is 256 g/mol. The molecule has 0 spiro atoms. The van der Waals surface area contributed by atoms with Crippen molar-refractivity contribution in [2.24, 2.45) is 16.9 Å². The number of amides is 1. The highest BCUT2D eigenvalue weighted by Crippen LogP contribution is 2.40. The molecule has 0 radical (unpaired) electrons. The van der Waals surface area contributed by atoms with Gasteiger partial charge in [0, 0.05) is 17.2 Å². The van der Waals surface area contributed by atoms with Crippen LogP contribution in [-0.2, 0) is 0 Å². The lowest BCUT2D eigenvalue weighted by Crippen LogP contribution is -2.35. The molecule has 1 amide bonds. The number of carbonyl (C=O) groups excluding carboxylic acids is 1. The summed E-state index contributed by atoms with van der Waals surface area (Å²) in [5, 5.41) is 4.24. The Balaban J connectivity index is 1.60. The number of methoxy groups -OCH3 is 1. The first-order valence-corrected chi connectivity index (χ1v) is 6.45. The average Bonchev–Trinajstić information content (AvgIpc) is 2.80. The zero-order valence-corrected chi connectivity index (χ0v) is 10.8. The normalized spacial score (nSPS) is 25.8. The Morgan fingerprint density at radius 2 is 2.16 bits per heavy atom. The Kier molecular flexibility index (Phi) is 3.07. The van der Waals surface area contributed by atoms with Gasteiger partial charge in [0.25, 0.3) is 5.91 Å². The molecule has 0 bridgehead atoms. The third kappa shape index (κ3) is 2.26. The minimum atomic E-state index is -0.176. The van der Waals surface area contributed by atoms with Crippen LogP contribution < -0.4 is 10.2 Å².